The van der Waals surface area contributed by atoms with Crippen molar-refractivity contribution in [3.63, 3.8) is 0 Å². The molecule has 0 aliphatic carbocycles. The molecule has 1 heterocycles. The van der Waals surface area contributed by atoms with Crippen molar-refractivity contribution < 1.29 is 0 Å². The first-order valence-electron chi connectivity index (χ1n) is 10.7. The Hall–Kier alpha value is -0.163. The van der Waals surface area contributed by atoms with Crippen molar-refractivity contribution in [3.05, 3.63) is 36.4 Å². The molecular weight excluding hydrogens is 540 g/mol. The normalized spacial score (nSPS) is 13.0. The average molecular weight is 577 g/mol. The quantitative estimate of drug-likeness (QED) is 0.225. The van der Waals surface area contributed by atoms with Gasteiger partial charge in [-0.1, -0.05) is 0 Å². The van der Waals surface area contributed by atoms with Crippen molar-refractivity contribution in [2.24, 2.45) is 0 Å². The van der Waals surface area contributed by atoms with Gasteiger partial charge in [0, 0.05) is 0 Å². The molecule has 0 unspecified atom stereocenters. The van der Waals surface area contributed by atoms with Gasteiger partial charge in [0.15, 0.2) is 0 Å². The summed E-state index contributed by atoms with van der Waals surface area (Å²) in [6.45, 7) is 3.46. The van der Waals surface area contributed by atoms with E-state index < -0.39 is 36.8 Å². The minimum absolute atomic E-state index is 1.16. The Morgan fingerprint density at radius 1 is 0.667 bits per heavy atom. The van der Waals surface area contributed by atoms with Crippen LogP contribution in [-0.2, 0) is 6.54 Å². The number of aryl methyl sites for hydroxylation is 1. The van der Waals surface area contributed by atoms with Gasteiger partial charge in [-0.25, -0.2) is 0 Å². The Morgan fingerprint density at radius 2 is 1.15 bits per heavy atom. The van der Waals surface area contributed by atoms with E-state index in [-0.39, 0.29) is 0 Å². The molecule has 0 aliphatic rings. The molecule has 0 amide bonds. The number of rotatable bonds is 7. The van der Waals surface area contributed by atoms with Gasteiger partial charge < -0.3 is 0 Å². The van der Waals surface area contributed by atoms with Crippen molar-refractivity contribution in [2.75, 3.05) is 0 Å². The first kappa shape index (κ1) is 21.5. The van der Waals surface area contributed by atoms with E-state index in [2.05, 4.69) is 77.5 Å². The van der Waals surface area contributed by atoms with E-state index in [0.29, 0.717) is 0 Å². The third kappa shape index (κ3) is 4.71. The number of hydrogen-bond acceptors (Lipinski definition) is 0. The van der Waals surface area contributed by atoms with Crippen LogP contribution < -0.4 is 7.16 Å². The fourth-order valence-corrected chi connectivity index (χ4v) is 10.5. The van der Waals surface area contributed by atoms with Crippen LogP contribution in [0, 0.1) is 0 Å². The molecule has 3 aromatic rings. The summed E-state index contributed by atoms with van der Waals surface area (Å²) in [6, 6.07) is 14.8. The third-order valence-electron chi connectivity index (χ3n) is 5.83. The minimum atomic E-state index is -2.08. The van der Waals surface area contributed by atoms with Gasteiger partial charge in [-0.3, -0.25) is 0 Å². The van der Waals surface area contributed by atoms with Crippen molar-refractivity contribution in [1.29, 1.82) is 0 Å². The summed E-state index contributed by atoms with van der Waals surface area (Å²) >= 11 is -4.15. The molecule has 1 nitrogen and oxygen atoms in total. The molecule has 0 saturated carbocycles. The van der Waals surface area contributed by atoms with Crippen LogP contribution in [-0.4, -0.2) is 41.3 Å². The van der Waals surface area contributed by atoms with Crippen LogP contribution in [0.5, 0.6) is 0 Å². The van der Waals surface area contributed by atoms with Crippen LogP contribution in [0.2, 0.25) is 29.6 Å². The van der Waals surface area contributed by atoms with E-state index >= 15 is 0 Å². The zero-order valence-electron chi connectivity index (χ0n) is 18.4. The van der Waals surface area contributed by atoms with Gasteiger partial charge in [0.05, 0.1) is 0 Å². The average Bonchev–Trinajstić information content (AvgIpc) is 2.90. The Morgan fingerprint density at radius 3 is 1.56 bits per heavy atom. The summed E-state index contributed by atoms with van der Waals surface area (Å²) in [7, 11) is 0. The van der Waals surface area contributed by atoms with Gasteiger partial charge in [-0.2, -0.15) is 0 Å². The van der Waals surface area contributed by atoms with E-state index in [4.69, 9.17) is 0 Å². The first-order valence-corrected chi connectivity index (χ1v) is 30.7. The summed E-state index contributed by atoms with van der Waals surface area (Å²) < 4.78 is 5.94. The Balaban J connectivity index is 2.20. The molecule has 0 spiro atoms. The van der Waals surface area contributed by atoms with E-state index in [1.165, 1.54) is 47.5 Å². The molecule has 0 bridgehead atoms. The third-order valence-corrected chi connectivity index (χ3v) is 17.5. The second-order valence-corrected chi connectivity index (χ2v) is 39.2. The molecule has 0 fully saturated rings. The van der Waals surface area contributed by atoms with E-state index in [9.17, 15) is 0 Å². The predicted octanol–water partition coefficient (Wildman–Crippen LogP) is 6.47. The van der Waals surface area contributed by atoms with Crippen molar-refractivity contribution in [3.8, 4) is 0 Å². The SMILES string of the molecule is CCCCCCn1c2c[c]([Sn]([CH3])([CH3])[CH3])ccc2c2cc[c]([Sn]([CH3])([CH3])[CH3])cc21. The number of unbranched alkanes of at least 4 members (excludes halogenated alkanes) is 3. The molecule has 1 aromatic heterocycles. The fraction of sp³-hybridized carbons (Fsp3) is 0.500. The van der Waals surface area contributed by atoms with Crippen molar-refractivity contribution >= 4 is 65.7 Å². The van der Waals surface area contributed by atoms with Crippen molar-refractivity contribution in [1.82, 2.24) is 4.57 Å². The van der Waals surface area contributed by atoms with Gasteiger partial charge in [-0.05, 0) is 0 Å². The van der Waals surface area contributed by atoms with Gasteiger partial charge in [0.1, 0.15) is 0 Å². The summed E-state index contributed by atoms with van der Waals surface area (Å²) in [5.41, 5.74) is 2.96. The van der Waals surface area contributed by atoms with E-state index in [0.717, 1.165) is 6.54 Å². The van der Waals surface area contributed by atoms with Gasteiger partial charge in [-0.15, -0.1) is 0 Å². The van der Waals surface area contributed by atoms with Gasteiger partial charge in [0.25, 0.3) is 0 Å². The molecule has 0 saturated heterocycles. The summed E-state index contributed by atoms with van der Waals surface area (Å²) in [5.74, 6) is 0. The Labute approximate surface area is 174 Å². The predicted molar refractivity (Wildman–Crippen MR) is 130 cm³/mol. The molecule has 146 valence electrons. The summed E-state index contributed by atoms with van der Waals surface area (Å²) in [6.07, 6.45) is 5.29. The zero-order chi connectivity index (χ0) is 19.8. The fourth-order valence-electron chi connectivity index (χ4n) is 3.97. The molecular formula is C24H37NSn2. The topological polar surface area (TPSA) is 4.93 Å². The molecule has 0 radical (unpaired) electrons. The maximum atomic E-state index is 2.66. The molecule has 3 rings (SSSR count). The van der Waals surface area contributed by atoms with Crippen LogP contribution in [0.4, 0.5) is 0 Å². The molecule has 0 N–H and O–H groups in total. The number of hydrogen-bond donors (Lipinski definition) is 0. The second-order valence-electron chi connectivity index (χ2n) is 10.2. The van der Waals surface area contributed by atoms with Gasteiger partial charge >= 0.3 is 175 Å². The van der Waals surface area contributed by atoms with E-state index in [1.807, 2.05) is 0 Å². The zero-order valence-corrected chi connectivity index (χ0v) is 24.2. The summed E-state index contributed by atoms with van der Waals surface area (Å²) in [4.78, 5) is 15.1. The van der Waals surface area contributed by atoms with Crippen molar-refractivity contribution in [2.45, 2.75) is 68.8 Å². The monoisotopic (exact) mass is 579 g/mol. The number of fused-ring (bicyclic) bond motifs is 3. The standard InChI is InChI=1S/C18H19N.6CH3.2Sn/c1-2-3-4-9-14-19-17-12-7-5-10-15(17)16-11-6-8-13-18(16)19;;;;;;;;/h5-6,10-13H,2-4,9,14H2,1H3;6*1H3;;. The molecule has 3 heteroatoms. The first-order chi connectivity index (χ1) is 12.6. The number of aromatic nitrogens is 1. The maximum absolute atomic E-state index is 2.66. The van der Waals surface area contributed by atoms with Crippen LogP contribution in [0.15, 0.2) is 36.4 Å². The van der Waals surface area contributed by atoms with Crippen LogP contribution in [0.3, 0.4) is 0 Å². The molecule has 27 heavy (non-hydrogen) atoms. The molecule has 2 aromatic carbocycles. The van der Waals surface area contributed by atoms with Crippen LogP contribution in [0.1, 0.15) is 32.6 Å². The molecule has 0 aliphatic heterocycles. The number of nitrogens with zero attached hydrogens (tertiary/aromatic N) is 1. The summed E-state index contributed by atoms with van der Waals surface area (Å²) in [5, 5.41) is 2.91. The Bertz CT molecular complexity index is 868. The number of benzene rings is 2. The van der Waals surface area contributed by atoms with Crippen LogP contribution >= 0.6 is 0 Å². The Kier molecular flexibility index (Phi) is 6.62. The van der Waals surface area contributed by atoms with Gasteiger partial charge in [0.2, 0.25) is 0 Å². The van der Waals surface area contributed by atoms with E-state index in [1.54, 1.807) is 7.16 Å². The second kappa shape index (κ2) is 8.29. The molecule has 0 atom stereocenters. The van der Waals surface area contributed by atoms with Crippen LogP contribution in [0.25, 0.3) is 21.8 Å².